The maximum Gasteiger partial charge on any atom is 0.326 e. The predicted octanol–water partition coefficient (Wildman–Crippen LogP) is 1.58. The second-order valence-electron chi connectivity index (χ2n) is 6.44. The first-order chi connectivity index (χ1) is 11.1. The van der Waals surface area contributed by atoms with Crippen LogP contribution in [-0.4, -0.2) is 35.0 Å². The van der Waals surface area contributed by atoms with E-state index in [2.05, 4.69) is 10.6 Å². The molecular weight excluding hydrogens is 308 g/mol. The Morgan fingerprint density at radius 3 is 2.17 bits per heavy atom. The maximum absolute atomic E-state index is 12.4. The summed E-state index contributed by atoms with van der Waals surface area (Å²) in [5.41, 5.74) is 3.04. The van der Waals surface area contributed by atoms with Crippen LogP contribution in [0.1, 0.15) is 37.5 Å². The molecule has 2 amide bonds. The third-order valence-electron chi connectivity index (χ3n) is 3.93. The van der Waals surface area contributed by atoms with Crippen molar-refractivity contribution in [2.45, 2.75) is 53.1 Å². The molecular formula is C18H26N2O4. The number of aryl methyl sites for hydroxylation is 2. The van der Waals surface area contributed by atoms with Crippen molar-refractivity contribution >= 4 is 17.8 Å². The van der Waals surface area contributed by atoms with Gasteiger partial charge in [-0.2, -0.15) is 0 Å². The normalized spacial score (nSPS) is 13.2. The smallest absolute Gasteiger partial charge is 0.326 e. The van der Waals surface area contributed by atoms with E-state index in [1.54, 1.807) is 13.8 Å². The lowest BCUT2D eigenvalue weighted by molar-refractivity contribution is -0.142. The van der Waals surface area contributed by atoms with E-state index in [9.17, 15) is 19.5 Å². The lowest BCUT2D eigenvalue weighted by Gasteiger charge is -2.23. The first kappa shape index (κ1) is 19.7. The van der Waals surface area contributed by atoms with Crippen LogP contribution in [0.3, 0.4) is 0 Å². The lowest BCUT2D eigenvalue weighted by Crippen LogP contribution is -2.53. The third kappa shape index (κ3) is 5.68. The minimum absolute atomic E-state index is 0.148. The Bertz CT molecular complexity index is 625. The molecule has 1 rings (SSSR count). The molecule has 0 radical (unpaired) electrons. The highest BCUT2D eigenvalue weighted by atomic mass is 16.4. The van der Waals surface area contributed by atoms with Gasteiger partial charge in [-0.3, -0.25) is 9.59 Å². The van der Waals surface area contributed by atoms with Gasteiger partial charge in [0.15, 0.2) is 0 Å². The average molecular weight is 334 g/mol. The van der Waals surface area contributed by atoms with Crippen LogP contribution >= 0.6 is 0 Å². The molecule has 1 aromatic carbocycles. The number of carboxylic acid groups (broad SMARTS) is 1. The second kappa shape index (κ2) is 8.47. The number of carboxylic acids is 1. The van der Waals surface area contributed by atoms with Crippen LogP contribution in [0.4, 0.5) is 0 Å². The number of carbonyl (C=O) groups is 3. The van der Waals surface area contributed by atoms with Crippen LogP contribution in [-0.2, 0) is 20.8 Å². The molecule has 132 valence electrons. The summed E-state index contributed by atoms with van der Waals surface area (Å²) in [4.78, 5) is 35.1. The highest BCUT2D eigenvalue weighted by Gasteiger charge is 2.28. The first-order valence-electron chi connectivity index (χ1n) is 7.98. The summed E-state index contributed by atoms with van der Waals surface area (Å²) < 4.78 is 0. The van der Waals surface area contributed by atoms with Crippen molar-refractivity contribution in [2.75, 3.05) is 0 Å². The van der Waals surface area contributed by atoms with Gasteiger partial charge in [0.1, 0.15) is 12.1 Å². The van der Waals surface area contributed by atoms with Gasteiger partial charge in [0.25, 0.3) is 0 Å². The van der Waals surface area contributed by atoms with Crippen LogP contribution in [0.15, 0.2) is 18.2 Å². The Balaban J connectivity index is 2.88. The van der Waals surface area contributed by atoms with Gasteiger partial charge in [0.2, 0.25) is 11.8 Å². The van der Waals surface area contributed by atoms with Gasteiger partial charge in [0, 0.05) is 13.3 Å². The van der Waals surface area contributed by atoms with E-state index in [1.165, 1.54) is 6.92 Å². The van der Waals surface area contributed by atoms with E-state index in [-0.39, 0.29) is 18.2 Å². The zero-order chi connectivity index (χ0) is 18.4. The van der Waals surface area contributed by atoms with Crippen molar-refractivity contribution in [2.24, 2.45) is 5.92 Å². The van der Waals surface area contributed by atoms with E-state index >= 15 is 0 Å². The Hall–Kier alpha value is -2.37. The van der Waals surface area contributed by atoms with Gasteiger partial charge in [-0.1, -0.05) is 32.0 Å². The molecule has 0 spiro atoms. The molecule has 0 saturated heterocycles. The number of amides is 2. The van der Waals surface area contributed by atoms with E-state index in [0.29, 0.717) is 0 Å². The Kier molecular flexibility index (Phi) is 6.95. The fourth-order valence-electron chi connectivity index (χ4n) is 2.38. The standard InChI is InChI=1S/C18H26N2O4/c1-10(2)16(19-13(5)21)17(22)20-15(18(23)24)9-14-7-6-11(3)12(4)8-14/h6-8,10,15-16H,9H2,1-5H3,(H,19,21)(H,20,22)(H,23,24)/t15-,16+/m0/s1. The monoisotopic (exact) mass is 334 g/mol. The van der Waals surface area contributed by atoms with Gasteiger partial charge in [-0.25, -0.2) is 4.79 Å². The summed E-state index contributed by atoms with van der Waals surface area (Å²) in [6.07, 6.45) is 0.188. The van der Waals surface area contributed by atoms with Crippen molar-refractivity contribution in [1.82, 2.24) is 10.6 Å². The molecule has 0 aliphatic heterocycles. The molecule has 0 aromatic heterocycles. The molecule has 0 heterocycles. The fraction of sp³-hybridized carbons (Fsp3) is 0.500. The van der Waals surface area contributed by atoms with Crippen LogP contribution in [0, 0.1) is 19.8 Å². The number of hydrogen-bond acceptors (Lipinski definition) is 3. The van der Waals surface area contributed by atoms with E-state index in [0.717, 1.165) is 16.7 Å². The van der Waals surface area contributed by atoms with E-state index in [4.69, 9.17) is 0 Å². The van der Waals surface area contributed by atoms with Gasteiger partial charge < -0.3 is 15.7 Å². The van der Waals surface area contributed by atoms with E-state index in [1.807, 2.05) is 32.0 Å². The molecule has 3 N–H and O–H groups in total. The lowest BCUT2D eigenvalue weighted by atomic mass is 9.99. The van der Waals surface area contributed by atoms with Crippen LogP contribution < -0.4 is 10.6 Å². The first-order valence-corrected chi connectivity index (χ1v) is 7.98. The van der Waals surface area contributed by atoms with Gasteiger partial charge in [-0.05, 0) is 36.5 Å². The summed E-state index contributed by atoms with van der Waals surface area (Å²) in [6.45, 7) is 8.85. The number of carbonyl (C=O) groups excluding carboxylic acids is 2. The minimum Gasteiger partial charge on any atom is -0.480 e. The summed E-state index contributed by atoms with van der Waals surface area (Å²) in [5.74, 6) is -2.07. The van der Waals surface area contributed by atoms with Gasteiger partial charge in [0.05, 0.1) is 0 Å². The summed E-state index contributed by atoms with van der Waals surface area (Å²) in [7, 11) is 0. The second-order valence-corrected chi connectivity index (χ2v) is 6.44. The molecule has 0 saturated carbocycles. The van der Waals surface area contributed by atoms with E-state index < -0.39 is 24.0 Å². The highest BCUT2D eigenvalue weighted by Crippen LogP contribution is 2.12. The topological polar surface area (TPSA) is 95.5 Å². The van der Waals surface area contributed by atoms with Gasteiger partial charge in [-0.15, -0.1) is 0 Å². The summed E-state index contributed by atoms with van der Waals surface area (Å²) in [6, 6.07) is 3.90. The molecule has 2 atom stereocenters. The zero-order valence-electron chi connectivity index (χ0n) is 14.8. The number of nitrogens with one attached hydrogen (secondary N) is 2. The average Bonchev–Trinajstić information content (AvgIpc) is 2.47. The molecule has 0 fully saturated rings. The fourth-order valence-corrected chi connectivity index (χ4v) is 2.38. The molecule has 0 aliphatic carbocycles. The summed E-state index contributed by atoms with van der Waals surface area (Å²) in [5, 5.41) is 14.5. The molecule has 1 aromatic rings. The molecule has 24 heavy (non-hydrogen) atoms. The molecule has 0 bridgehead atoms. The van der Waals surface area contributed by atoms with Crippen LogP contribution in [0.2, 0.25) is 0 Å². The maximum atomic E-state index is 12.4. The molecule has 0 aliphatic rings. The van der Waals surface area contributed by atoms with Crippen LogP contribution in [0.25, 0.3) is 0 Å². The zero-order valence-corrected chi connectivity index (χ0v) is 14.8. The third-order valence-corrected chi connectivity index (χ3v) is 3.93. The van der Waals surface area contributed by atoms with Crippen molar-refractivity contribution < 1.29 is 19.5 Å². The number of benzene rings is 1. The van der Waals surface area contributed by atoms with Crippen molar-refractivity contribution in [3.8, 4) is 0 Å². The predicted molar refractivity (Wildman–Crippen MR) is 91.6 cm³/mol. The molecule has 6 heteroatoms. The summed E-state index contributed by atoms with van der Waals surface area (Å²) >= 11 is 0. The Labute approximate surface area is 142 Å². The van der Waals surface area contributed by atoms with Crippen LogP contribution in [0.5, 0.6) is 0 Å². The Morgan fingerprint density at radius 1 is 1.08 bits per heavy atom. The Morgan fingerprint density at radius 2 is 1.71 bits per heavy atom. The van der Waals surface area contributed by atoms with Gasteiger partial charge >= 0.3 is 5.97 Å². The van der Waals surface area contributed by atoms with Crippen molar-refractivity contribution in [3.63, 3.8) is 0 Å². The van der Waals surface area contributed by atoms with Crippen molar-refractivity contribution in [3.05, 3.63) is 34.9 Å². The quantitative estimate of drug-likeness (QED) is 0.705. The van der Waals surface area contributed by atoms with Crippen molar-refractivity contribution in [1.29, 1.82) is 0 Å². The number of rotatable bonds is 7. The highest BCUT2D eigenvalue weighted by molar-refractivity contribution is 5.90. The molecule has 0 unspecified atom stereocenters. The number of hydrogen-bond donors (Lipinski definition) is 3. The SMILES string of the molecule is CC(=O)N[C@@H](C(=O)N[C@@H](Cc1ccc(C)c(C)c1)C(=O)O)C(C)C. The number of aliphatic carboxylic acids is 1. The molecule has 6 nitrogen and oxygen atoms in total. The largest absolute Gasteiger partial charge is 0.480 e. The minimum atomic E-state index is -1.10.